The molecule has 1 rings (SSSR count). The summed E-state index contributed by atoms with van der Waals surface area (Å²) in [5.41, 5.74) is 0.952. The first-order chi connectivity index (χ1) is 6.63. The van der Waals surface area contributed by atoms with Gasteiger partial charge < -0.3 is 5.32 Å². The molecule has 78 valence electrons. The molecule has 4 heteroatoms. The zero-order valence-electron chi connectivity index (χ0n) is 8.83. The summed E-state index contributed by atoms with van der Waals surface area (Å²) in [6.45, 7) is 5.95. The molecule has 0 bridgehead atoms. The van der Waals surface area contributed by atoms with Gasteiger partial charge in [0.2, 0.25) is 5.91 Å². The zero-order chi connectivity index (χ0) is 10.6. The smallest absolute Gasteiger partial charge is 0.227 e. The second-order valence-corrected chi connectivity index (χ2v) is 4.32. The van der Waals surface area contributed by atoms with Gasteiger partial charge in [0.25, 0.3) is 0 Å². The Balaban J connectivity index is 2.48. The van der Waals surface area contributed by atoms with E-state index in [1.807, 2.05) is 19.9 Å². The van der Waals surface area contributed by atoms with Crippen LogP contribution in [0.1, 0.15) is 32.4 Å². The van der Waals surface area contributed by atoms with Crippen LogP contribution >= 0.6 is 11.5 Å². The normalized spacial score (nSPS) is 12.5. The molecular weight excluding hydrogens is 196 g/mol. The fraction of sp³-hybridized carbons (Fsp3) is 0.600. The van der Waals surface area contributed by atoms with E-state index in [-0.39, 0.29) is 11.8 Å². The molecule has 0 aliphatic heterocycles. The molecule has 14 heavy (non-hydrogen) atoms. The maximum Gasteiger partial charge on any atom is 0.227 e. The molecule has 1 aromatic heterocycles. The summed E-state index contributed by atoms with van der Waals surface area (Å²) in [5, 5.41) is 3.71. The highest BCUT2D eigenvalue weighted by Crippen LogP contribution is 2.17. The summed E-state index contributed by atoms with van der Waals surface area (Å²) in [6, 6.07) is 1.89. The van der Waals surface area contributed by atoms with Crippen molar-refractivity contribution in [1.82, 2.24) is 4.37 Å². The quantitative estimate of drug-likeness (QED) is 0.833. The maximum absolute atomic E-state index is 11.6. The third kappa shape index (κ3) is 3.10. The Bertz CT molecular complexity index is 309. The lowest BCUT2D eigenvalue weighted by Gasteiger charge is -2.08. The van der Waals surface area contributed by atoms with Crippen molar-refractivity contribution in [3.63, 3.8) is 0 Å². The van der Waals surface area contributed by atoms with Gasteiger partial charge in [-0.1, -0.05) is 20.3 Å². The maximum atomic E-state index is 11.6. The molecule has 0 aliphatic carbocycles. The second-order valence-electron chi connectivity index (χ2n) is 3.51. The second kappa shape index (κ2) is 5.10. The van der Waals surface area contributed by atoms with E-state index in [9.17, 15) is 4.79 Å². The van der Waals surface area contributed by atoms with E-state index >= 15 is 0 Å². The number of hydrogen-bond donors (Lipinski definition) is 1. The highest BCUT2D eigenvalue weighted by molar-refractivity contribution is 7.10. The number of nitrogens with one attached hydrogen (secondary N) is 1. The molecule has 1 heterocycles. The number of amides is 1. The fourth-order valence-electron chi connectivity index (χ4n) is 1.23. The van der Waals surface area contributed by atoms with Crippen LogP contribution in [0.25, 0.3) is 0 Å². The lowest BCUT2D eigenvalue weighted by Crippen LogP contribution is -2.19. The number of carbonyl (C=O) groups is 1. The minimum absolute atomic E-state index is 0.0856. The topological polar surface area (TPSA) is 42.0 Å². The monoisotopic (exact) mass is 212 g/mol. The third-order valence-electron chi connectivity index (χ3n) is 2.04. The molecule has 1 N–H and O–H groups in total. The van der Waals surface area contributed by atoms with Crippen molar-refractivity contribution in [3.8, 4) is 0 Å². The largest absolute Gasteiger partial charge is 0.316 e. The molecule has 0 fully saturated rings. The molecule has 3 nitrogen and oxygen atoms in total. The van der Waals surface area contributed by atoms with E-state index in [4.69, 9.17) is 0 Å². The average molecular weight is 212 g/mol. The van der Waals surface area contributed by atoms with Crippen LogP contribution in [0.15, 0.2) is 6.07 Å². The molecule has 1 amide bonds. The van der Waals surface area contributed by atoms with Crippen molar-refractivity contribution < 1.29 is 4.79 Å². The van der Waals surface area contributed by atoms with E-state index in [1.54, 1.807) is 0 Å². The van der Waals surface area contributed by atoms with Crippen LogP contribution in [0.3, 0.4) is 0 Å². The van der Waals surface area contributed by atoms with Crippen molar-refractivity contribution in [2.24, 2.45) is 5.92 Å². The van der Waals surface area contributed by atoms with Crippen LogP contribution in [0.5, 0.6) is 0 Å². The zero-order valence-corrected chi connectivity index (χ0v) is 9.65. The van der Waals surface area contributed by atoms with Gasteiger partial charge >= 0.3 is 0 Å². The van der Waals surface area contributed by atoms with E-state index in [0.29, 0.717) is 0 Å². The molecule has 1 atom stereocenters. The van der Waals surface area contributed by atoms with Crippen molar-refractivity contribution in [2.75, 3.05) is 5.32 Å². The van der Waals surface area contributed by atoms with Crippen molar-refractivity contribution in [1.29, 1.82) is 0 Å². The van der Waals surface area contributed by atoms with Gasteiger partial charge in [0.15, 0.2) is 0 Å². The molecule has 0 spiro atoms. The van der Waals surface area contributed by atoms with Gasteiger partial charge in [-0.3, -0.25) is 4.79 Å². The summed E-state index contributed by atoms with van der Waals surface area (Å²) in [4.78, 5) is 11.6. The number of rotatable bonds is 4. The molecule has 0 aromatic carbocycles. The van der Waals surface area contributed by atoms with Crippen LogP contribution < -0.4 is 5.32 Å². The Morgan fingerprint density at radius 1 is 1.71 bits per heavy atom. The number of carbonyl (C=O) groups excluding carboxylic acids is 1. The standard InChI is InChI=1S/C10H16N2OS/c1-4-5-7(2)10(13)11-9-6-8(3)12-14-9/h6-7H,4-5H2,1-3H3,(H,11,13). The minimum Gasteiger partial charge on any atom is -0.316 e. The number of aryl methyl sites for hydroxylation is 1. The van der Waals surface area contributed by atoms with Crippen LogP contribution in [0.4, 0.5) is 5.00 Å². The molecule has 0 saturated heterocycles. The first-order valence-electron chi connectivity index (χ1n) is 4.87. The highest BCUT2D eigenvalue weighted by atomic mass is 32.1. The van der Waals surface area contributed by atoms with Crippen LogP contribution in [0, 0.1) is 12.8 Å². The van der Waals surface area contributed by atoms with E-state index < -0.39 is 0 Å². The number of hydrogen-bond acceptors (Lipinski definition) is 3. The van der Waals surface area contributed by atoms with Gasteiger partial charge in [-0.05, 0) is 30.9 Å². The Kier molecular flexibility index (Phi) is 4.07. The Morgan fingerprint density at radius 3 is 2.93 bits per heavy atom. The van der Waals surface area contributed by atoms with E-state index in [2.05, 4.69) is 16.6 Å². The predicted molar refractivity (Wildman–Crippen MR) is 59.6 cm³/mol. The molecule has 1 unspecified atom stereocenters. The van der Waals surface area contributed by atoms with Gasteiger partial charge in [-0.15, -0.1) is 0 Å². The van der Waals surface area contributed by atoms with Crippen molar-refractivity contribution >= 4 is 22.4 Å². The van der Waals surface area contributed by atoms with Crippen molar-refractivity contribution in [3.05, 3.63) is 11.8 Å². The van der Waals surface area contributed by atoms with Crippen LogP contribution in [-0.4, -0.2) is 10.3 Å². The number of anilines is 1. The third-order valence-corrected chi connectivity index (χ3v) is 2.84. The summed E-state index contributed by atoms with van der Waals surface area (Å²) in [5.74, 6) is 0.179. The molecule has 1 aromatic rings. The lowest BCUT2D eigenvalue weighted by molar-refractivity contribution is -0.119. The summed E-state index contributed by atoms with van der Waals surface area (Å²) in [6.07, 6.45) is 1.97. The summed E-state index contributed by atoms with van der Waals surface area (Å²) >= 11 is 1.33. The minimum atomic E-state index is 0.0856. The predicted octanol–water partition coefficient (Wildman–Crippen LogP) is 2.83. The Hall–Kier alpha value is -0.900. The lowest BCUT2D eigenvalue weighted by atomic mass is 10.1. The van der Waals surface area contributed by atoms with Gasteiger partial charge in [0, 0.05) is 5.92 Å². The SMILES string of the molecule is CCCC(C)C(=O)Nc1cc(C)ns1. The first-order valence-corrected chi connectivity index (χ1v) is 5.65. The Morgan fingerprint density at radius 2 is 2.43 bits per heavy atom. The molecule has 0 radical (unpaired) electrons. The molecular formula is C10H16N2OS. The van der Waals surface area contributed by atoms with Crippen LogP contribution in [-0.2, 0) is 4.79 Å². The highest BCUT2D eigenvalue weighted by Gasteiger charge is 2.12. The fourth-order valence-corrected chi connectivity index (χ4v) is 1.90. The van der Waals surface area contributed by atoms with E-state index in [0.717, 1.165) is 23.5 Å². The number of aromatic nitrogens is 1. The van der Waals surface area contributed by atoms with Crippen molar-refractivity contribution in [2.45, 2.75) is 33.6 Å². The Labute approximate surface area is 88.7 Å². The van der Waals surface area contributed by atoms with E-state index in [1.165, 1.54) is 11.5 Å². The summed E-state index contributed by atoms with van der Waals surface area (Å²) in [7, 11) is 0. The summed E-state index contributed by atoms with van der Waals surface area (Å²) < 4.78 is 4.10. The van der Waals surface area contributed by atoms with Gasteiger partial charge in [0.05, 0.1) is 5.69 Å². The number of nitrogens with zero attached hydrogens (tertiary/aromatic N) is 1. The molecule has 0 saturated carbocycles. The van der Waals surface area contributed by atoms with Gasteiger partial charge in [-0.25, -0.2) is 0 Å². The van der Waals surface area contributed by atoms with Gasteiger partial charge in [0.1, 0.15) is 5.00 Å². The molecule has 0 aliphatic rings. The van der Waals surface area contributed by atoms with Crippen LogP contribution in [0.2, 0.25) is 0 Å². The van der Waals surface area contributed by atoms with Gasteiger partial charge in [-0.2, -0.15) is 4.37 Å². The first kappa shape index (κ1) is 11.2. The average Bonchev–Trinajstić information content (AvgIpc) is 2.51.